The number of nitrogens with two attached hydrogens (primary N) is 1. The Morgan fingerprint density at radius 1 is 1.16 bits per heavy atom. The molecule has 128 valence electrons. The number of ether oxygens (including phenoxy) is 1. The molecule has 1 aliphatic heterocycles. The van der Waals surface area contributed by atoms with Gasteiger partial charge in [-0.05, 0) is 26.0 Å². The zero-order valence-electron chi connectivity index (χ0n) is 14.3. The summed E-state index contributed by atoms with van der Waals surface area (Å²) in [7, 11) is 0. The number of fused-ring (bicyclic) bond motifs is 1. The molecule has 0 aliphatic carbocycles. The van der Waals surface area contributed by atoms with Crippen LogP contribution in [0.25, 0.3) is 0 Å². The molecule has 0 saturated carbocycles. The predicted molar refractivity (Wildman–Crippen MR) is 95.7 cm³/mol. The van der Waals surface area contributed by atoms with Crippen LogP contribution in [0.15, 0.2) is 53.9 Å². The number of hydrogen-bond donors (Lipinski definition) is 1. The van der Waals surface area contributed by atoms with E-state index in [4.69, 9.17) is 10.5 Å². The monoisotopic (exact) mass is 337 g/mol. The van der Waals surface area contributed by atoms with Gasteiger partial charge >= 0.3 is 0 Å². The highest BCUT2D eigenvalue weighted by Gasteiger charge is 2.32. The van der Waals surface area contributed by atoms with Crippen LogP contribution in [0.2, 0.25) is 0 Å². The highest BCUT2D eigenvalue weighted by molar-refractivity contribution is 5.61. The standard InChI is InChI=1S/C20H20FN3O/c1-3-24(4-2)13-9-10-15-18(11-13)25-20(23)16(12-22)19(15)14-7-5-6-8-17(14)21/h5-11,19H,3-4,23H2,1-2H3/t19-/m0/s1. The summed E-state index contributed by atoms with van der Waals surface area (Å²) in [5.74, 6) is -0.344. The molecule has 0 saturated heterocycles. The van der Waals surface area contributed by atoms with E-state index in [-0.39, 0.29) is 17.3 Å². The SMILES string of the molecule is CCN(CC)c1ccc2c(c1)OC(N)=C(C#N)[C@H]2c1ccccc1F. The van der Waals surface area contributed by atoms with Gasteiger partial charge in [-0.15, -0.1) is 0 Å². The van der Waals surface area contributed by atoms with Gasteiger partial charge in [0.15, 0.2) is 0 Å². The van der Waals surface area contributed by atoms with Gasteiger partial charge in [-0.2, -0.15) is 5.26 Å². The van der Waals surface area contributed by atoms with Crippen LogP contribution in [0.4, 0.5) is 10.1 Å². The Morgan fingerprint density at radius 3 is 2.52 bits per heavy atom. The fraction of sp³-hybridized carbons (Fsp3) is 0.250. The number of nitriles is 1. The summed E-state index contributed by atoms with van der Waals surface area (Å²) in [5, 5.41) is 9.53. The summed E-state index contributed by atoms with van der Waals surface area (Å²) in [6, 6.07) is 14.3. The Labute approximate surface area is 146 Å². The van der Waals surface area contributed by atoms with Crippen molar-refractivity contribution in [2.75, 3.05) is 18.0 Å². The average Bonchev–Trinajstić information content (AvgIpc) is 2.62. The second-order valence-electron chi connectivity index (χ2n) is 5.84. The number of nitrogens with zero attached hydrogens (tertiary/aromatic N) is 2. The van der Waals surface area contributed by atoms with E-state index in [0.29, 0.717) is 11.3 Å². The summed E-state index contributed by atoms with van der Waals surface area (Å²) in [5.41, 5.74) is 8.37. The Hall–Kier alpha value is -3.00. The van der Waals surface area contributed by atoms with Gasteiger partial charge in [-0.25, -0.2) is 4.39 Å². The third kappa shape index (κ3) is 2.91. The summed E-state index contributed by atoms with van der Waals surface area (Å²) >= 11 is 0. The van der Waals surface area contributed by atoms with E-state index in [0.717, 1.165) is 24.3 Å². The van der Waals surface area contributed by atoms with E-state index in [1.54, 1.807) is 18.2 Å². The fourth-order valence-electron chi connectivity index (χ4n) is 3.26. The maximum absolute atomic E-state index is 14.4. The number of anilines is 1. The van der Waals surface area contributed by atoms with Crippen molar-refractivity contribution in [3.05, 3.63) is 70.9 Å². The average molecular weight is 337 g/mol. The number of halogens is 1. The van der Waals surface area contributed by atoms with Crippen molar-refractivity contribution in [3.8, 4) is 11.8 Å². The lowest BCUT2D eigenvalue weighted by molar-refractivity contribution is 0.392. The molecule has 5 heteroatoms. The molecule has 2 N–H and O–H groups in total. The third-order valence-corrected chi connectivity index (χ3v) is 4.55. The van der Waals surface area contributed by atoms with Gasteiger partial charge in [0.2, 0.25) is 5.88 Å². The minimum absolute atomic E-state index is 0.0277. The molecule has 0 amide bonds. The fourth-order valence-corrected chi connectivity index (χ4v) is 3.26. The summed E-state index contributed by atoms with van der Waals surface area (Å²) in [4.78, 5) is 2.18. The maximum atomic E-state index is 14.4. The normalized spacial score (nSPS) is 16.0. The van der Waals surface area contributed by atoms with Crippen LogP contribution in [-0.2, 0) is 0 Å². The first kappa shape index (κ1) is 16.8. The highest BCUT2D eigenvalue weighted by atomic mass is 19.1. The van der Waals surface area contributed by atoms with Gasteiger partial charge in [-0.3, -0.25) is 0 Å². The van der Waals surface area contributed by atoms with Crippen LogP contribution >= 0.6 is 0 Å². The van der Waals surface area contributed by atoms with Crippen LogP contribution in [0.5, 0.6) is 5.75 Å². The van der Waals surface area contributed by atoms with Crippen molar-refractivity contribution >= 4 is 5.69 Å². The first-order chi connectivity index (χ1) is 12.1. The molecule has 3 rings (SSSR count). The Morgan fingerprint density at radius 2 is 1.88 bits per heavy atom. The molecule has 0 spiro atoms. The Kier molecular flexibility index (Phi) is 4.62. The molecule has 25 heavy (non-hydrogen) atoms. The number of rotatable bonds is 4. The molecule has 0 radical (unpaired) electrons. The molecule has 0 bridgehead atoms. The van der Waals surface area contributed by atoms with Crippen LogP contribution in [0.1, 0.15) is 30.9 Å². The first-order valence-corrected chi connectivity index (χ1v) is 8.31. The molecule has 4 nitrogen and oxygen atoms in total. The second kappa shape index (κ2) is 6.86. The minimum atomic E-state index is -0.569. The summed E-state index contributed by atoms with van der Waals surface area (Å²) < 4.78 is 20.1. The zero-order valence-corrected chi connectivity index (χ0v) is 14.3. The van der Waals surface area contributed by atoms with E-state index in [1.807, 2.05) is 18.2 Å². The van der Waals surface area contributed by atoms with E-state index >= 15 is 0 Å². The molecular formula is C20H20FN3O. The maximum Gasteiger partial charge on any atom is 0.205 e. The summed E-state index contributed by atoms with van der Waals surface area (Å²) in [6.45, 7) is 5.88. The zero-order chi connectivity index (χ0) is 18.0. The van der Waals surface area contributed by atoms with Crippen molar-refractivity contribution in [1.82, 2.24) is 0 Å². The Balaban J connectivity index is 2.17. The molecular weight excluding hydrogens is 317 g/mol. The molecule has 0 aromatic heterocycles. The van der Waals surface area contributed by atoms with Gasteiger partial charge in [-0.1, -0.05) is 24.3 Å². The van der Waals surface area contributed by atoms with Crippen molar-refractivity contribution in [1.29, 1.82) is 5.26 Å². The first-order valence-electron chi connectivity index (χ1n) is 8.31. The van der Waals surface area contributed by atoms with Crippen LogP contribution in [0, 0.1) is 17.1 Å². The smallest absolute Gasteiger partial charge is 0.205 e. The largest absolute Gasteiger partial charge is 0.440 e. The molecule has 1 atom stereocenters. The molecule has 2 aromatic rings. The number of hydrogen-bond acceptors (Lipinski definition) is 4. The lowest BCUT2D eigenvalue weighted by Gasteiger charge is -2.29. The molecule has 0 unspecified atom stereocenters. The van der Waals surface area contributed by atoms with Crippen LogP contribution in [-0.4, -0.2) is 13.1 Å². The van der Waals surface area contributed by atoms with E-state index in [2.05, 4.69) is 24.8 Å². The third-order valence-electron chi connectivity index (χ3n) is 4.55. The van der Waals surface area contributed by atoms with Gasteiger partial charge in [0.25, 0.3) is 0 Å². The lowest BCUT2D eigenvalue weighted by atomic mass is 9.83. The summed E-state index contributed by atoms with van der Waals surface area (Å²) in [6.07, 6.45) is 0. The van der Waals surface area contributed by atoms with E-state index in [1.165, 1.54) is 6.07 Å². The van der Waals surface area contributed by atoms with E-state index in [9.17, 15) is 9.65 Å². The van der Waals surface area contributed by atoms with Crippen molar-refractivity contribution in [2.45, 2.75) is 19.8 Å². The molecule has 1 aliphatic rings. The topological polar surface area (TPSA) is 62.3 Å². The van der Waals surface area contributed by atoms with Gasteiger partial charge < -0.3 is 15.4 Å². The molecule has 0 fully saturated rings. The molecule has 2 aromatic carbocycles. The second-order valence-corrected chi connectivity index (χ2v) is 5.84. The predicted octanol–water partition coefficient (Wildman–Crippen LogP) is 3.89. The van der Waals surface area contributed by atoms with Crippen LogP contribution in [0.3, 0.4) is 0 Å². The lowest BCUT2D eigenvalue weighted by Crippen LogP contribution is -2.24. The quantitative estimate of drug-likeness (QED) is 0.919. The minimum Gasteiger partial charge on any atom is -0.440 e. The number of allylic oxidation sites excluding steroid dienone is 1. The molecule has 1 heterocycles. The van der Waals surface area contributed by atoms with Crippen molar-refractivity contribution in [2.24, 2.45) is 5.73 Å². The van der Waals surface area contributed by atoms with E-state index < -0.39 is 5.92 Å². The highest BCUT2D eigenvalue weighted by Crippen LogP contribution is 2.44. The van der Waals surface area contributed by atoms with Gasteiger partial charge in [0.1, 0.15) is 23.2 Å². The Bertz CT molecular complexity index is 865. The number of benzene rings is 2. The van der Waals surface area contributed by atoms with Crippen LogP contribution < -0.4 is 15.4 Å². The van der Waals surface area contributed by atoms with Gasteiger partial charge in [0.05, 0.1) is 5.92 Å². The van der Waals surface area contributed by atoms with Crippen molar-refractivity contribution < 1.29 is 9.13 Å². The van der Waals surface area contributed by atoms with Gasteiger partial charge in [0, 0.05) is 36.0 Å². The van der Waals surface area contributed by atoms with Crippen molar-refractivity contribution in [3.63, 3.8) is 0 Å².